The zero-order chi connectivity index (χ0) is 12.6. The van der Waals surface area contributed by atoms with E-state index in [-0.39, 0.29) is 5.82 Å². The molecule has 1 aromatic heterocycles. The number of carbonyl (C=O) groups is 1. The van der Waals surface area contributed by atoms with Gasteiger partial charge in [-0.25, -0.2) is 14.5 Å². The Balaban J connectivity index is 2.52. The standard InChI is InChI=1S/C11H10ClN3O2/c1-6-3-4-8(5-9(6)12)15-7(2)13-10(14-15)11(16)17/h3-5H,1-2H3,(H,16,17). The minimum Gasteiger partial charge on any atom is -0.475 e. The molecule has 1 aromatic carbocycles. The number of carboxylic acids is 1. The van der Waals surface area contributed by atoms with E-state index in [0.717, 1.165) is 5.56 Å². The predicted molar refractivity (Wildman–Crippen MR) is 62.8 cm³/mol. The molecule has 0 aliphatic rings. The SMILES string of the molecule is Cc1ccc(-n2nc(C(=O)O)nc2C)cc1Cl. The van der Waals surface area contributed by atoms with Crippen molar-refractivity contribution in [3.8, 4) is 5.69 Å². The van der Waals surface area contributed by atoms with Crippen LogP contribution in [0.3, 0.4) is 0 Å². The maximum atomic E-state index is 10.8. The Morgan fingerprint density at radius 2 is 2.12 bits per heavy atom. The zero-order valence-electron chi connectivity index (χ0n) is 9.31. The van der Waals surface area contributed by atoms with Gasteiger partial charge in [0.1, 0.15) is 5.82 Å². The number of nitrogens with zero attached hydrogens (tertiary/aromatic N) is 3. The quantitative estimate of drug-likeness (QED) is 0.889. The number of hydrogen-bond acceptors (Lipinski definition) is 3. The predicted octanol–water partition coefficient (Wildman–Crippen LogP) is 2.24. The van der Waals surface area contributed by atoms with E-state index < -0.39 is 5.97 Å². The molecular weight excluding hydrogens is 242 g/mol. The van der Waals surface area contributed by atoms with Crippen molar-refractivity contribution in [2.75, 3.05) is 0 Å². The number of aromatic carboxylic acids is 1. The van der Waals surface area contributed by atoms with Crippen molar-refractivity contribution in [2.24, 2.45) is 0 Å². The minimum atomic E-state index is -1.15. The second-order valence-electron chi connectivity index (χ2n) is 3.63. The summed E-state index contributed by atoms with van der Waals surface area (Å²) in [6.07, 6.45) is 0. The van der Waals surface area contributed by atoms with E-state index in [1.54, 1.807) is 13.0 Å². The van der Waals surface area contributed by atoms with Crippen molar-refractivity contribution >= 4 is 17.6 Å². The van der Waals surface area contributed by atoms with E-state index in [9.17, 15) is 4.79 Å². The first kappa shape index (κ1) is 11.6. The molecule has 0 fully saturated rings. The fourth-order valence-corrected chi connectivity index (χ4v) is 1.61. The van der Waals surface area contributed by atoms with Crippen molar-refractivity contribution in [3.63, 3.8) is 0 Å². The highest BCUT2D eigenvalue weighted by molar-refractivity contribution is 6.31. The Morgan fingerprint density at radius 3 is 2.65 bits per heavy atom. The van der Waals surface area contributed by atoms with Crippen LogP contribution in [0.5, 0.6) is 0 Å². The molecule has 2 rings (SSSR count). The van der Waals surface area contributed by atoms with E-state index in [1.807, 2.05) is 19.1 Å². The van der Waals surface area contributed by atoms with Gasteiger partial charge in [-0.1, -0.05) is 17.7 Å². The molecule has 0 amide bonds. The van der Waals surface area contributed by atoms with Crippen LogP contribution in [-0.2, 0) is 0 Å². The lowest BCUT2D eigenvalue weighted by molar-refractivity contribution is 0.0683. The van der Waals surface area contributed by atoms with Crippen LogP contribution in [0.1, 0.15) is 22.0 Å². The van der Waals surface area contributed by atoms with Crippen molar-refractivity contribution < 1.29 is 9.90 Å². The van der Waals surface area contributed by atoms with Gasteiger partial charge >= 0.3 is 5.97 Å². The first-order valence-electron chi connectivity index (χ1n) is 4.92. The molecule has 17 heavy (non-hydrogen) atoms. The summed E-state index contributed by atoms with van der Waals surface area (Å²) in [5, 5.41) is 13.3. The molecule has 0 radical (unpaired) electrons. The van der Waals surface area contributed by atoms with Crippen molar-refractivity contribution in [1.29, 1.82) is 0 Å². The van der Waals surface area contributed by atoms with E-state index in [2.05, 4.69) is 10.1 Å². The Kier molecular flexibility index (Phi) is 2.85. The maximum absolute atomic E-state index is 10.8. The molecular formula is C11H10ClN3O2. The summed E-state index contributed by atoms with van der Waals surface area (Å²) in [6.45, 7) is 3.58. The van der Waals surface area contributed by atoms with Gasteiger partial charge in [-0.2, -0.15) is 0 Å². The molecule has 0 spiro atoms. The van der Waals surface area contributed by atoms with Crippen LogP contribution in [0.25, 0.3) is 5.69 Å². The number of aromatic nitrogens is 3. The highest BCUT2D eigenvalue weighted by Crippen LogP contribution is 2.19. The van der Waals surface area contributed by atoms with Gasteiger partial charge in [0.05, 0.1) is 5.69 Å². The molecule has 0 unspecified atom stereocenters. The van der Waals surface area contributed by atoms with Crippen LogP contribution in [0.2, 0.25) is 5.02 Å². The van der Waals surface area contributed by atoms with Gasteiger partial charge in [-0.3, -0.25) is 0 Å². The van der Waals surface area contributed by atoms with Crippen molar-refractivity contribution in [3.05, 3.63) is 40.4 Å². The molecule has 2 aromatic rings. The van der Waals surface area contributed by atoms with E-state index in [0.29, 0.717) is 16.5 Å². The summed E-state index contributed by atoms with van der Waals surface area (Å²) >= 11 is 6.01. The molecule has 0 bridgehead atoms. The largest absolute Gasteiger partial charge is 0.475 e. The topological polar surface area (TPSA) is 68.0 Å². The first-order chi connectivity index (χ1) is 7.99. The van der Waals surface area contributed by atoms with Gasteiger partial charge in [0.15, 0.2) is 0 Å². The second kappa shape index (κ2) is 4.18. The molecule has 6 heteroatoms. The number of aryl methyl sites for hydroxylation is 2. The monoisotopic (exact) mass is 251 g/mol. The summed E-state index contributed by atoms with van der Waals surface area (Å²) in [5.74, 6) is -0.869. The van der Waals surface area contributed by atoms with Gasteiger partial charge in [-0.15, -0.1) is 5.10 Å². The van der Waals surface area contributed by atoms with Crippen LogP contribution in [0, 0.1) is 13.8 Å². The smallest absolute Gasteiger partial charge is 0.375 e. The van der Waals surface area contributed by atoms with Crippen molar-refractivity contribution in [2.45, 2.75) is 13.8 Å². The summed E-state index contributed by atoms with van der Waals surface area (Å²) in [4.78, 5) is 14.6. The molecule has 0 atom stereocenters. The summed E-state index contributed by atoms with van der Waals surface area (Å²) in [7, 11) is 0. The Bertz CT molecular complexity index is 592. The number of hydrogen-bond donors (Lipinski definition) is 1. The third-order valence-corrected chi connectivity index (χ3v) is 2.77. The number of halogens is 1. The molecule has 5 nitrogen and oxygen atoms in total. The first-order valence-corrected chi connectivity index (χ1v) is 5.30. The number of carboxylic acid groups (broad SMARTS) is 1. The second-order valence-corrected chi connectivity index (χ2v) is 4.04. The highest BCUT2D eigenvalue weighted by atomic mass is 35.5. The minimum absolute atomic E-state index is 0.223. The zero-order valence-corrected chi connectivity index (χ0v) is 10.1. The summed E-state index contributed by atoms with van der Waals surface area (Å²) < 4.78 is 1.45. The number of rotatable bonds is 2. The van der Waals surface area contributed by atoms with Gasteiger partial charge in [0.25, 0.3) is 5.82 Å². The van der Waals surface area contributed by atoms with Crippen LogP contribution >= 0.6 is 11.6 Å². The number of benzene rings is 1. The normalized spacial score (nSPS) is 10.5. The van der Waals surface area contributed by atoms with Crippen molar-refractivity contribution in [1.82, 2.24) is 14.8 Å². The Morgan fingerprint density at radius 1 is 1.41 bits per heavy atom. The average Bonchev–Trinajstić information content (AvgIpc) is 2.65. The van der Waals surface area contributed by atoms with Gasteiger partial charge in [0, 0.05) is 5.02 Å². The lowest BCUT2D eigenvalue weighted by atomic mass is 10.2. The van der Waals surface area contributed by atoms with E-state index in [4.69, 9.17) is 16.7 Å². The molecule has 0 saturated carbocycles. The van der Waals surface area contributed by atoms with Crippen LogP contribution in [0.15, 0.2) is 18.2 Å². The van der Waals surface area contributed by atoms with Gasteiger partial charge in [-0.05, 0) is 31.5 Å². The van der Waals surface area contributed by atoms with E-state index >= 15 is 0 Å². The molecule has 0 aliphatic heterocycles. The van der Waals surface area contributed by atoms with Crippen LogP contribution in [0.4, 0.5) is 0 Å². The van der Waals surface area contributed by atoms with E-state index in [1.165, 1.54) is 4.68 Å². The lowest BCUT2D eigenvalue weighted by Gasteiger charge is -2.04. The highest BCUT2D eigenvalue weighted by Gasteiger charge is 2.13. The molecule has 1 N–H and O–H groups in total. The van der Waals surface area contributed by atoms with Crippen LogP contribution < -0.4 is 0 Å². The fraction of sp³-hybridized carbons (Fsp3) is 0.182. The fourth-order valence-electron chi connectivity index (χ4n) is 1.44. The molecule has 88 valence electrons. The Labute approximate surface area is 103 Å². The molecule has 1 heterocycles. The average molecular weight is 252 g/mol. The molecule has 0 aliphatic carbocycles. The summed E-state index contributed by atoms with van der Waals surface area (Å²) in [5.41, 5.74) is 1.64. The summed E-state index contributed by atoms with van der Waals surface area (Å²) in [6, 6.07) is 5.39. The molecule has 0 saturated heterocycles. The Hall–Kier alpha value is -1.88. The third-order valence-electron chi connectivity index (χ3n) is 2.36. The third kappa shape index (κ3) is 2.14. The van der Waals surface area contributed by atoms with Gasteiger partial charge < -0.3 is 5.11 Å². The maximum Gasteiger partial charge on any atom is 0.375 e. The van der Waals surface area contributed by atoms with Crippen LogP contribution in [-0.4, -0.2) is 25.8 Å². The lowest BCUT2D eigenvalue weighted by Crippen LogP contribution is -2.02. The van der Waals surface area contributed by atoms with Gasteiger partial charge in [0.2, 0.25) is 0 Å².